The number of hydrogen-bond acceptors (Lipinski definition) is 2. The van der Waals surface area contributed by atoms with E-state index in [1.165, 1.54) is 57.1 Å². The Morgan fingerprint density at radius 2 is 1.74 bits per heavy atom. The van der Waals surface area contributed by atoms with Gasteiger partial charge in [0.1, 0.15) is 0 Å². The van der Waals surface area contributed by atoms with Crippen molar-refractivity contribution < 1.29 is 0 Å². The molecule has 1 aliphatic rings. The van der Waals surface area contributed by atoms with Gasteiger partial charge in [0.05, 0.1) is 0 Å². The molecule has 1 aromatic carbocycles. The zero-order valence-corrected chi connectivity index (χ0v) is 12.1. The zero-order chi connectivity index (χ0) is 13.3. The van der Waals surface area contributed by atoms with Crippen molar-refractivity contribution in [3.05, 3.63) is 35.9 Å². The van der Waals surface area contributed by atoms with Crippen molar-refractivity contribution in [2.45, 2.75) is 51.0 Å². The molecule has 0 aliphatic heterocycles. The highest BCUT2D eigenvalue weighted by Gasteiger charge is 2.19. The van der Waals surface area contributed by atoms with Crippen LogP contribution in [0.15, 0.2) is 30.3 Å². The summed E-state index contributed by atoms with van der Waals surface area (Å²) >= 11 is 0. The van der Waals surface area contributed by atoms with E-state index in [4.69, 9.17) is 5.73 Å². The molecule has 2 rings (SSSR count). The minimum atomic E-state index is 0.793. The summed E-state index contributed by atoms with van der Waals surface area (Å²) in [6.45, 7) is 3.07. The Balaban J connectivity index is 1.76. The van der Waals surface area contributed by atoms with Gasteiger partial charge in [-0.25, -0.2) is 0 Å². The minimum Gasteiger partial charge on any atom is -0.329 e. The lowest BCUT2D eigenvalue weighted by Crippen LogP contribution is -2.40. The molecule has 0 unspecified atom stereocenters. The first-order valence-corrected chi connectivity index (χ1v) is 7.88. The fraction of sp³-hybridized carbons (Fsp3) is 0.647. The quantitative estimate of drug-likeness (QED) is 0.815. The van der Waals surface area contributed by atoms with Crippen molar-refractivity contribution in [3.63, 3.8) is 0 Å². The standard InChI is InChI=1S/C17H28N2/c18-13-15-19(17-11-5-2-6-12-17)14-7-10-16-8-3-1-4-9-16/h1,3-4,8-9,17H,2,5-7,10-15,18H2. The van der Waals surface area contributed by atoms with Gasteiger partial charge in [-0.3, -0.25) is 4.90 Å². The van der Waals surface area contributed by atoms with Gasteiger partial charge in [0.15, 0.2) is 0 Å². The summed E-state index contributed by atoms with van der Waals surface area (Å²) in [5.41, 5.74) is 7.23. The highest BCUT2D eigenvalue weighted by molar-refractivity contribution is 5.14. The third-order valence-electron chi connectivity index (χ3n) is 4.26. The van der Waals surface area contributed by atoms with Crippen LogP contribution in [0.5, 0.6) is 0 Å². The maximum absolute atomic E-state index is 5.78. The van der Waals surface area contributed by atoms with E-state index in [-0.39, 0.29) is 0 Å². The maximum Gasteiger partial charge on any atom is 0.0108 e. The third-order valence-corrected chi connectivity index (χ3v) is 4.26. The average Bonchev–Trinajstić information content (AvgIpc) is 2.48. The van der Waals surface area contributed by atoms with Crippen molar-refractivity contribution in [3.8, 4) is 0 Å². The van der Waals surface area contributed by atoms with E-state index in [9.17, 15) is 0 Å². The summed E-state index contributed by atoms with van der Waals surface area (Å²) in [6, 6.07) is 11.6. The number of rotatable bonds is 7. The topological polar surface area (TPSA) is 29.3 Å². The summed E-state index contributed by atoms with van der Waals surface area (Å²) in [5.74, 6) is 0. The molecule has 2 N–H and O–H groups in total. The predicted molar refractivity (Wildman–Crippen MR) is 82.3 cm³/mol. The smallest absolute Gasteiger partial charge is 0.0108 e. The largest absolute Gasteiger partial charge is 0.329 e. The van der Waals surface area contributed by atoms with Crippen molar-refractivity contribution in [2.24, 2.45) is 5.73 Å². The molecule has 1 aromatic rings. The van der Waals surface area contributed by atoms with Crippen LogP contribution in [0.1, 0.15) is 44.1 Å². The van der Waals surface area contributed by atoms with E-state index in [2.05, 4.69) is 35.2 Å². The van der Waals surface area contributed by atoms with Gasteiger partial charge >= 0.3 is 0 Å². The number of nitrogens with two attached hydrogens (primary N) is 1. The van der Waals surface area contributed by atoms with E-state index in [1.807, 2.05) is 0 Å². The normalized spacial score (nSPS) is 16.9. The molecule has 0 bridgehead atoms. The maximum atomic E-state index is 5.78. The second-order valence-corrected chi connectivity index (χ2v) is 5.71. The lowest BCUT2D eigenvalue weighted by molar-refractivity contribution is 0.158. The summed E-state index contributed by atoms with van der Waals surface area (Å²) in [7, 11) is 0. The molecule has 0 aromatic heterocycles. The SMILES string of the molecule is NCCN(CCCc1ccccc1)C1CCCCC1. The van der Waals surface area contributed by atoms with Crippen LogP contribution in [-0.4, -0.2) is 30.6 Å². The predicted octanol–water partition coefficient (Wildman–Crippen LogP) is 3.21. The van der Waals surface area contributed by atoms with Crippen molar-refractivity contribution >= 4 is 0 Å². The van der Waals surface area contributed by atoms with Crippen LogP contribution in [0.2, 0.25) is 0 Å². The molecule has 1 saturated carbocycles. The zero-order valence-electron chi connectivity index (χ0n) is 12.1. The fourth-order valence-electron chi connectivity index (χ4n) is 3.22. The first-order chi connectivity index (χ1) is 9.40. The summed E-state index contributed by atoms with van der Waals surface area (Å²) in [6.07, 6.45) is 9.44. The Hall–Kier alpha value is -0.860. The Bertz CT molecular complexity index is 330. The number of aryl methyl sites for hydroxylation is 1. The molecule has 106 valence electrons. The van der Waals surface area contributed by atoms with Gasteiger partial charge in [0.2, 0.25) is 0 Å². The minimum absolute atomic E-state index is 0.793. The van der Waals surface area contributed by atoms with Gasteiger partial charge in [-0.1, -0.05) is 49.6 Å². The van der Waals surface area contributed by atoms with Crippen molar-refractivity contribution in [1.82, 2.24) is 4.90 Å². The first kappa shape index (κ1) is 14.5. The molecule has 0 heterocycles. The summed E-state index contributed by atoms with van der Waals surface area (Å²) in [4.78, 5) is 2.64. The van der Waals surface area contributed by atoms with E-state index < -0.39 is 0 Å². The monoisotopic (exact) mass is 260 g/mol. The molecule has 0 saturated heterocycles. The van der Waals surface area contributed by atoms with Gasteiger partial charge < -0.3 is 5.73 Å². The molecular formula is C17H28N2. The molecular weight excluding hydrogens is 232 g/mol. The van der Waals surface area contributed by atoms with Gasteiger partial charge in [-0.05, 0) is 37.8 Å². The van der Waals surface area contributed by atoms with Crippen LogP contribution >= 0.6 is 0 Å². The molecule has 1 fully saturated rings. The van der Waals surface area contributed by atoms with Gasteiger partial charge in [-0.2, -0.15) is 0 Å². The highest BCUT2D eigenvalue weighted by atomic mass is 15.2. The lowest BCUT2D eigenvalue weighted by atomic mass is 9.94. The molecule has 1 aliphatic carbocycles. The van der Waals surface area contributed by atoms with E-state index in [0.29, 0.717) is 0 Å². The van der Waals surface area contributed by atoms with E-state index >= 15 is 0 Å². The van der Waals surface area contributed by atoms with Crippen LogP contribution in [0.3, 0.4) is 0 Å². The molecule has 2 heteroatoms. The third kappa shape index (κ3) is 4.96. The number of nitrogens with zero attached hydrogens (tertiary/aromatic N) is 1. The average molecular weight is 260 g/mol. The second kappa shape index (κ2) is 8.34. The van der Waals surface area contributed by atoms with Crippen molar-refractivity contribution in [1.29, 1.82) is 0 Å². The van der Waals surface area contributed by atoms with Crippen LogP contribution in [0.25, 0.3) is 0 Å². The molecule has 0 spiro atoms. The Morgan fingerprint density at radius 3 is 2.42 bits per heavy atom. The van der Waals surface area contributed by atoms with Crippen LogP contribution in [0.4, 0.5) is 0 Å². The highest BCUT2D eigenvalue weighted by Crippen LogP contribution is 2.22. The van der Waals surface area contributed by atoms with Gasteiger partial charge in [-0.15, -0.1) is 0 Å². The molecule has 0 amide bonds. The lowest BCUT2D eigenvalue weighted by Gasteiger charge is -2.34. The molecule has 0 atom stereocenters. The fourth-order valence-corrected chi connectivity index (χ4v) is 3.22. The van der Waals surface area contributed by atoms with E-state index in [1.54, 1.807) is 0 Å². The van der Waals surface area contributed by atoms with Crippen LogP contribution in [0, 0.1) is 0 Å². The second-order valence-electron chi connectivity index (χ2n) is 5.71. The van der Waals surface area contributed by atoms with Crippen molar-refractivity contribution in [2.75, 3.05) is 19.6 Å². The Labute approximate surface area is 118 Å². The molecule has 2 nitrogen and oxygen atoms in total. The summed E-state index contributed by atoms with van der Waals surface area (Å²) < 4.78 is 0. The molecule has 19 heavy (non-hydrogen) atoms. The Kier molecular flexibility index (Phi) is 6.38. The number of hydrogen-bond donors (Lipinski definition) is 1. The van der Waals surface area contributed by atoms with Gasteiger partial charge in [0.25, 0.3) is 0 Å². The first-order valence-electron chi connectivity index (χ1n) is 7.88. The summed E-state index contributed by atoms with van der Waals surface area (Å²) in [5, 5.41) is 0. The van der Waals surface area contributed by atoms with Crippen LogP contribution < -0.4 is 5.73 Å². The Morgan fingerprint density at radius 1 is 1.00 bits per heavy atom. The van der Waals surface area contributed by atoms with E-state index in [0.717, 1.165) is 19.1 Å². The van der Waals surface area contributed by atoms with Gasteiger partial charge in [0, 0.05) is 19.1 Å². The number of benzene rings is 1. The van der Waals surface area contributed by atoms with Crippen LogP contribution in [-0.2, 0) is 6.42 Å². The molecule has 0 radical (unpaired) electrons.